The van der Waals surface area contributed by atoms with Gasteiger partial charge in [-0.3, -0.25) is 0 Å². The first kappa shape index (κ1) is 20.3. The normalized spacial score (nSPS) is 1.00. The van der Waals surface area contributed by atoms with E-state index < -0.39 is 0 Å². The van der Waals surface area contributed by atoms with Crippen molar-refractivity contribution < 1.29 is 7.78 Å². The Bertz CT molecular complexity index is 8.00. The van der Waals surface area contributed by atoms with E-state index in [0.717, 1.165) is 0 Å². The average molecular weight is 188 g/mol. The summed E-state index contributed by atoms with van der Waals surface area (Å²) in [7, 11) is 0. The molecule has 25 valence electrons. The summed E-state index contributed by atoms with van der Waals surface area (Å²) in [5, 5.41) is 0. The van der Waals surface area contributed by atoms with Crippen LogP contribution >= 0.6 is 9.90 Å². The van der Waals surface area contributed by atoms with Gasteiger partial charge in [-0.2, -0.15) is 9.90 Å². The van der Waals surface area contributed by atoms with E-state index in [1.165, 1.54) is 0 Å². The zero-order chi connectivity index (χ0) is 2.00. The predicted molar refractivity (Wildman–Crippen MR) is 18.7 cm³/mol. The van der Waals surface area contributed by atoms with Crippen LogP contribution in [0.2, 0.25) is 0 Å². The van der Waals surface area contributed by atoms with Crippen molar-refractivity contribution in [2.75, 3.05) is 0 Å². The van der Waals surface area contributed by atoms with Crippen LogP contribution in [-0.4, -0.2) is 22.5 Å². The van der Waals surface area contributed by atoms with Crippen LogP contribution in [0.3, 0.4) is 0 Å². The summed E-state index contributed by atoms with van der Waals surface area (Å²) in [6.45, 7) is 0. The molecule has 1 atom stereocenters. The van der Waals surface area contributed by atoms with E-state index in [4.69, 9.17) is 3.08 Å². The van der Waals surface area contributed by atoms with Crippen molar-refractivity contribution in [2.45, 2.75) is 0 Å². The Morgan fingerprint density at radius 1 is 1.25 bits per heavy atom. The summed E-state index contributed by atoms with van der Waals surface area (Å²) >= 11 is 0.300. The third-order valence-electron chi connectivity index (χ3n) is 0. The molecule has 0 fully saturated rings. The summed E-state index contributed by atoms with van der Waals surface area (Å²) in [6, 6.07) is 0. The topological polar surface area (TPSA) is 17.1 Å². The first-order valence-electron chi connectivity index (χ1n) is 0.204. The molecule has 0 aromatic heterocycles. The zero-order valence-electron chi connectivity index (χ0n) is 1.99. The summed E-state index contributed by atoms with van der Waals surface area (Å²) in [5.41, 5.74) is 0. The molecule has 0 aliphatic carbocycles. The van der Waals surface area contributed by atoms with Crippen LogP contribution < -0.4 is 0 Å². The van der Waals surface area contributed by atoms with Gasteiger partial charge in [-0.25, -0.2) is 0 Å². The first-order valence-corrected chi connectivity index (χ1v) is 1.37. The van der Waals surface area contributed by atoms with Crippen LogP contribution in [0.5, 0.6) is 0 Å². The molecule has 1 nitrogen and oxygen atoms in total. The molecule has 3 radical (unpaired) electrons. The van der Waals surface area contributed by atoms with E-state index in [2.05, 4.69) is 0 Å². The summed E-state index contributed by atoms with van der Waals surface area (Å²) in [4.78, 5) is 0. The maximum atomic E-state index is 8.34. The van der Waals surface area contributed by atoms with Gasteiger partial charge < -0.3 is 0 Å². The zero-order valence-corrected chi connectivity index (χ0v) is 6.26. The molecule has 0 spiro atoms. The Hall–Kier alpha value is 0.959. The van der Waals surface area contributed by atoms with Crippen LogP contribution in [0.25, 0.3) is 0 Å². The Labute approximate surface area is 40.6 Å². The minimum absolute atomic E-state index is 0. The molecular weight excluding hydrogens is 185 g/mol. The monoisotopic (exact) mass is 189 g/mol. The molecule has 0 aliphatic heterocycles. The van der Waals surface area contributed by atoms with E-state index in [0.29, 0.717) is 22.5 Å². The summed E-state index contributed by atoms with van der Waals surface area (Å²) in [5.74, 6) is 0. The van der Waals surface area contributed by atoms with Gasteiger partial charge in [-0.1, -0.05) is 0 Å². The quantitative estimate of drug-likeness (QED) is 0.385. The number of hydrogen-bond acceptors (Lipinski definition) is 1. The van der Waals surface area contributed by atoms with E-state index in [1.807, 2.05) is 0 Å². The van der Waals surface area contributed by atoms with Gasteiger partial charge in [0.25, 0.3) is 0 Å². The van der Waals surface area contributed by atoms with Crippen molar-refractivity contribution in [1.82, 2.24) is 0 Å². The summed E-state index contributed by atoms with van der Waals surface area (Å²) < 4.78 is 8.34. The van der Waals surface area contributed by atoms with Gasteiger partial charge in [0, 0.05) is 4.70 Å². The number of rotatable bonds is 0. The van der Waals surface area contributed by atoms with E-state index >= 15 is 0 Å². The Balaban J connectivity index is -0.00000000500. The fourth-order valence-corrected chi connectivity index (χ4v) is 0. The van der Waals surface area contributed by atoms with Gasteiger partial charge in [0.05, 0.1) is 0 Å². The maximum absolute atomic E-state index is 8.34. The van der Waals surface area contributed by atoms with Crippen LogP contribution in [-0.2, 0) is 3.08 Å². The molecule has 0 aliphatic rings. The fraction of sp³-hybridized carbons (Fsp3) is 0. The summed E-state index contributed by atoms with van der Waals surface area (Å²) in [6.07, 6.45) is 0. The van der Waals surface area contributed by atoms with Gasteiger partial charge in [0.2, 0.25) is 0 Å². The van der Waals surface area contributed by atoms with E-state index in [9.17, 15) is 0 Å². The van der Waals surface area contributed by atoms with Gasteiger partial charge in [0.1, 0.15) is 0 Å². The van der Waals surface area contributed by atoms with Crippen molar-refractivity contribution in [3.8, 4) is 0 Å². The van der Waals surface area contributed by atoms with Gasteiger partial charge in [-0.15, -0.1) is 0 Å². The fourth-order valence-electron chi connectivity index (χ4n) is 0. The van der Waals surface area contributed by atoms with Gasteiger partial charge in [0.15, 0.2) is 0 Å². The molecule has 4 heteroatoms. The molecule has 0 bridgehead atoms. The molecule has 4 heavy (non-hydrogen) atoms. The van der Waals surface area contributed by atoms with Crippen molar-refractivity contribution in [3.63, 3.8) is 0 Å². The number of hydrogen-bond donors (Lipinski definition) is 0. The van der Waals surface area contributed by atoms with E-state index in [1.54, 1.807) is 0 Å². The molecule has 0 amide bonds. The first-order chi connectivity index (χ1) is 1.00. The van der Waals surface area contributed by atoms with Crippen LogP contribution in [0.4, 0.5) is 4.70 Å². The second kappa shape index (κ2) is 37.7. The standard InChI is InChI=1S/F.O.H3P.Sn/h;;1H3;. The number of halogens is 1. The van der Waals surface area contributed by atoms with Crippen LogP contribution in [0.15, 0.2) is 0 Å². The third-order valence-corrected chi connectivity index (χ3v) is 0. The molecular formula is H3FOPSn. The minimum atomic E-state index is 0. The molecule has 1 unspecified atom stereocenters. The SMILES string of the molecule is P.[F].[O]=[Sn]. The molecule has 0 aromatic rings. The Morgan fingerprint density at radius 2 is 1.25 bits per heavy atom. The second-order valence-corrected chi connectivity index (χ2v) is 0. The van der Waals surface area contributed by atoms with Crippen molar-refractivity contribution in [3.05, 3.63) is 0 Å². The molecule has 0 saturated heterocycles. The average Bonchev–Trinajstić information content (AvgIpc) is 1.00. The van der Waals surface area contributed by atoms with Crippen molar-refractivity contribution >= 4 is 32.4 Å². The molecule has 0 saturated carbocycles. The Morgan fingerprint density at radius 3 is 1.25 bits per heavy atom. The van der Waals surface area contributed by atoms with Crippen LogP contribution in [0, 0.1) is 0 Å². The molecule has 0 aromatic carbocycles. The Kier molecular flexibility index (Phi) is 191. The van der Waals surface area contributed by atoms with Crippen molar-refractivity contribution in [2.24, 2.45) is 0 Å². The predicted octanol–water partition coefficient (Wildman–Crippen LogP) is -0.0213. The van der Waals surface area contributed by atoms with Gasteiger partial charge >= 0.3 is 25.6 Å². The van der Waals surface area contributed by atoms with Gasteiger partial charge in [-0.05, 0) is 0 Å². The molecule has 0 N–H and O–H groups in total. The van der Waals surface area contributed by atoms with E-state index in [-0.39, 0.29) is 14.6 Å². The van der Waals surface area contributed by atoms with Crippen LogP contribution in [0.1, 0.15) is 0 Å². The molecule has 0 heterocycles. The van der Waals surface area contributed by atoms with Crippen molar-refractivity contribution in [1.29, 1.82) is 0 Å². The second-order valence-electron chi connectivity index (χ2n) is 0. The molecule has 0 rings (SSSR count). The third kappa shape index (κ3) is 12.4.